The molecule has 0 aromatic heterocycles. The number of nitrogens with one attached hydrogen (secondary N) is 3. The van der Waals surface area contributed by atoms with Crippen LogP contribution in [0.25, 0.3) is 0 Å². The van der Waals surface area contributed by atoms with E-state index in [1.54, 1.807) is 42.5 Å². The van der Waals surface area contributed by atoms with E-state index in [-0.39, 0.29) is 17.3 Å². The molecule has 2 rings (SSSR count). The highest BCUT2D eigenvalue weighted by atomic mass is 32.2. The molecule has 0 unspecified atom stereocenters. The van der Waals surface area contributed by atoms with Crippen molar-refractivity contribution in [3.8, 4) is 0 Å². The molecule has 126 valence electrons. The van der Waals surface area contributed by atoms with E-state index in [4.69, 9.17) is 0 Å². The highest BCUT2D eigenvalue weighted by molar-refractivity contribution is 7.89. The number of rotatable bonds is 6. The smallest absolute Gasteiger partial charge is 0.241 e. The van der Waals surface area contributed by atoms with Gasteiger partial charge in [-0.3, -0.25) is 9.59 Å². The van der Waals surface area contributed by atoms with Gasteiger partial charge in [-0.2, -0.15) is 0 Å². The van der Waals surface area contributed by atoms with Crippen LogP contribution in [0.1, 0.15) is 6.92 Å². The largest absolute Gasteiger partial charge is 0.326 e. The van der Waals surface area contributed by atoms with Crippen molar-refractivity contribution in [1.82, 2.24) is 4.72 Å². The third kappa shape index (κ3) is 5.18. The van der Waals surface area contributed by atoms with Crippen molar-refractivity contribution >= 4 is 33.2 Å². The molecule has 0 fully saturated rings. The van der Waals surface area contributed by atoms with Gasteiger partial charge in [0.25, 0.3) is 0 Å². The minimum Gasteiger partial charge on any atom is -0.326 e. The monoisotopic (exact) mass is 347 g/mol. The highest BCUT2D eigenvalue weighted by Gasteiger charge is 2.14. The molecule has 0 saturated heterocycles. The molecular weight excluding hydrogens is 330 g/mol. The predicted molar refractivity (Wildman–Crippen MR) is 91.0 cm³/mol. The van der Waals surface area contributed by atoms with Gasteiger partial charge in [0.15, 0.2) is 0 Å². The maximum atomic E-state index is 12.0. The summed E-state index contributed by atoms with van der Waals surface area (Å²) in [7, 11) is -3.73. The molecule has 0 saturated carbocycles. The molecule has 0 aliphatic carbocycles. The van der Waals surface area contributed by atoms with Crippen LogP contribution in [0.4, 0.5) is 11.4 Å². The Balaban J connectivity index is 1.90. The van der Waals surface area contributed by atoms with Crippen LogP contribution in [0.5, 0.6) is 0 Å². The second-order valence-corrected chi connectivity index (χ2v) is 6.71. The van der Waals surface area contributed by atoms with Crippen molar-refractivity contribution in [1.29, 1.82) is 0 Å². The van der Waals surface area contributed by atoms with E-state index in [0.29, 0.717) is 11.4 Å². The zero-order valence-corrected chi connectivity index (χ0v) is 13.8. The topological polar surface area (TPSA) is 104 Å². The Bertz CT molecular complexity index is 818. The summed E-state index contributed by atoms with van der Waals surface area (Å²) in [4.78, 5) is 22.9. The average molecular weight is 347 g/mol. The number of sulfonamides is 1. The van der Waals surface area contributed by atoms with E-state index in [1.165, 1.54) is 19.1 Å². The lowest BCUT2D eigenvalue weighted by molar-refractivity contribution is -0.115. The summed E-state index contributed by atoms with van der Waals surface area (Å²) in [6.45, 7) is 1.01. The highest BCUT2D eigenvalue weighted by Crippen LogP contribution is 2.13. The summed E-state index contributed by atoms with van der Waals surface area (Å²) in [5, 5.41) is 5.17. The normalized spacial score (nSPS) is 10.9. The number of hydrogen-bond donors (Lipinski definition) is 3. The van der Waals surface area contributed by atoms with E-state index >= 15 is 0 Å². The molecule has 7 nitrogen and oxygen atoms in total. The Morgan fingerprint density at radius 1 is 0.875 bits per heavy atom. The first-order chi connectivity index (χ1) is 11.4. The third-order valence-corrected chi connectivity index (χ3v) is 4.38. The maximum absolute atomic E-state index is 12.0. The Labute approximate surface area is 140 Å². The molecule has 0 aliphatic rings. The summed E-state index contributed by atoms with van der Waals surface area (Å²) in [5.74, 6) is -0.691. The van der Waals surface area contributed by atoms with Crippen molar-refractivity contribution in [2.45, 2.75) is 11.8 Å². The van der Waals surface area contributed by atoms with Gasteiger partial charge in [0.05, 0.1) is 11.4 Å². The van der Waals surface area contributed by atoms with Crippen molar-refractivity contribution in [2.24, 2.45) is 0 Å². The zero-order valence-electron chi connectivity index (χ0n) is 12.9. The van der Waals surface area contributed by atoms with Crippen LogP contribution in [0.2, 0.25) is 0 Å². The standard InChI is InChI=1S/C16H17N3O4S/c1-12(20)18-13-7-9-14(10-8-13)19-16(21)11-17-24(22,23)15-5-3-2-4-6-15/h2-10,17H,11H2,1H3,(H,18,20)(H,19,21). The van der Waals surface area contributed by atoms with Crippen molar-refractivity contribution in [3.05, 3.63) is 54.6 Å². The minimum atomic E-state index is -3.73. The van der Waals surface area contributed by atoms with Gasteiger partial charge in [0.2, 0.25) is 21.8 Å². The summed E-state index contributed by atoms with van der Waals surface area (Å²) in [5.41, 5.74) is 1.10. The molecule has 2 amide bonds. The molecule has 3 N–H and O–H groups in total. The summed E-state index contributed by atoms with van der Waals surface area (Å²) in [6, 6.07) is 14.3. The van der Waals surface area contributed by atoms with Crippen LogP contribution in [-0.2, 0) is 19.6 Å². The van der Waals surface area contributed by atoms with Crippen LogP contribution < -0.4 is 15.4 Å². The van der Waals surface area contributed by atoms with Gasteiger partial charge in [-0.25, -0.2) is 13.1 Å². The van der Waals surface area contributed by atoms with E-state index < -0.39 is 15.9 Å². The Hall–Kier alpha value is -2.71. The van der Waals surface area contributed by atoms with Gasteiger partial charge in [-0.05, 0) is 36.4 Å². The van der Waals surface area contributed by atoms with Crippen molar-refractivity contribution in [3.63, 3.8) is 0 Å². The van der Waals surface area contributed by atoms with E-state index in [0.717, 1.165) is 0 Å². The molecule has 0 spiro atoms. The molecule has 0 aliphatic heterocycles. The predicted octanol–water partition coefficient (Wildman–Crippen LogP) is 1.56. The number of amides is 2. The van der Waals surface area contributed by atoms with E-state index in [2.05, 4.69) is 15.4 Å². The number of carbonyl (C=O) groups excluding carboxylic acids is 2. The number of carbonyl (C=O) groups is 2. The van der Waals surface area contributed by atoms with Gasteiger partial charge < -0.3 is 10.6 Å². The first-order valence-electron chi connectivity index (χ1n) is 7.09. The molecule has 24 heavy (non-hydrogen) atoms. The zero-order chi connectivity index (χ0) is 17.6. The summed E-state index contributed by atoms with van der Waals surface area (Å²) < 4.78 is 26.2. The second kappa shape index (κ2) is 7.71. The third-order valence-electron chi connectivity index (χ3n) is 2.97. The van der Waals surface area contributed by atoms with Crippen LogP contribution in [0.15, 0.2) is 59.5 Å². The minimum absolute atomic E-state index is 0.0949. The molecule has 2 aromatic carbocycles. The maximum Gasteiger partial charge on any atom is 0.241 e. The van der Waals surface area contributed by atoms with Crippen molar-refractivity contribution < 1.29 is 18.0 Å². The van der Waals surface area contributed by atoms with Crippen LogP contribution in [0.3, 0.4) is 0 Å². The Kier molecular flexibility index (Phi) is 5.67. The first-order valence-corrected chi connectivity index (χ1v) is 8.57. The van der Waals surface area contributed by atoms with E-state index in [1.807, 2.05) is 0 Å². The first kappa shape index (κ1) is 17.6. The molecule has 8 heteroatoms. The number of hydrogen-bond acceptors (Lipinski definition) is 4. The molecule has 0 heterocycles. The molecular formula is C16H17N3O4S. The van der Waals surface area contributed by atoms with Gasteiger partial charge in [-0.1, -0.05) is 18.2 Å². The molecule has 0 radical (unpaired) electrons. The second-order valence-electron chi connectivity index (χ2n) is 4.94. The summed E-state index contributed by atoms with van der Waals surface area (Å²) >= 11 is 0. The van der Waals surface area contributed by atoms with Gasteiger partial charge >= 0.3 is 0 Å². The average Bonchev–Trinajstić information content (AvgIpc) is 2.55. The fraction of sp³-hybridized carbons (Fsp3) is 0.125. The van der Waals surface area contributed by atoms with Crippen LogP contribution in [0, 0.1) is 0 Å². The molecule has 0 bridgehead atoms. The lowest BCUT2D eigenvalue weighted by Gasteiger charge is -2.08. The number of anilines is 2. The molecule has 0 atom stereocenters. The van der Waals surface area contributed by atoms with Crippen LogP contribution >= 0.6 is 0 Å². The fourth-order valence-electron chi connectivity index (χ4n) is 1.89. The van der Waals surface area contributed by atoms with Gasteiger partial charge in [0.1, 0.15) is 0 Å². The van der Waals surface area contributed by atoms with Crippen molar-refractivity contribution in [2.75, 3.05) is 17.2 Å². The lowest BCUT2D eigenvalue weighted by atomic mass is 10.2. The quantitative estimate of drug-likeness (QED) is 0.737. The van der Waals surface area contributed by atoms with Crippen LogP contribution in [-0.4, -0.2) is 26.8 Å². The number of benzene rings is 2. The lowest BCUT2D eigenvalue weighted by Crippen LogP contribution is -2.32. The van der Waals surface area contributed by atoms with Gasteiger partial charge in [-0.15, -0.1) is 0 Å². The summed E-state index contributed by atoms with van der Waals surface area (Å²) in [6.07, 6.45) is 0. The SMILES string of the molecule is CC(=O)Nc1ccc(NC(=O)CNS(=O)(=O)c2ccccc2)cc1. The Morgan fingerprint density at radius 2 is 1.42 bits per heavy atom. The van der Waals surface area contributed by atoms with Gasteiger partial charge in [0, 0.05) is 18.3 Å². The Morgan fingerprint density at radius 3 is 1.96 bits per heavy atom. The fourth-order valence-corrected chi connectivity index (χ4v) is 2.89. The van der Waals surface area contributed by atoms with E-state index in [9.17, 15) is 18.0 Å². The molecule has 2 aromatic rings.